The number of hydrogen-bond donors (Lipinski definition) is 0. The normalized spacial score (nSPS) is 32.4. The summed E-state index contributed by atoms with van der Waals surface area (Å²) in [7, 11) is 0. The number of carbonyl (C=O) groups excluding carboxylic acids is 1. The molecule has 0 aromatic rings. The highest BCUT2D eigenvalue weighted by Gasteiger charge is 2.51. The van der Waals surface area contributed by atoms with Crippen molar-refractivity contribution in [2.45, 2.75) is 61.9 Å². The van der Waals surface area contributed by atoms with Gasteiger partial charge in [-0.25, -0.2) is 0 Å². The van der Waals surface area contributed by atoms with Gasteiger partial charge in [-0.2, -0.15) is 0 Å². The third-order valence-corrected chi connectivity index (χ3v) is 5.94. The first-order valence-corrected chi connectivity index (χ1v) is 8.62. The van der Waals surface area contributed by atoms with Crippen LogP contribution in [0.2, 0.25) is 0 Å². The summed E-state index contributed by atoms with van der Waals surface area (Å²) in [4.78, 5) is 16.4. The second kappa shape index (κ2) is 5.66. The molecule has 2 aliphatic carbocycles. The smallest absolute Gasteiger partial charge is 0.219 e. The monoisotopic (exact) mass is 318 g/mol. The first kappa shape index (κ1) is 14.9. The number of amides is 1. The molecule has 1 saturated heterocycles. The molecule has 3 fully saturated rings. The highest BCUT2D eigenvalue weighted by Crippen LogP contribution is 2.55. The van der Waals surface area contributed by atoms with Gasteiger partial charge in [0.2, 0.25) is 5.91 Å². The standard InChI is InChI=1S/C15H24Cl2N2O/c1-11(20)19(13-4-5-13)10-14-3-2-7-18(14)8-6-12-9-15(12,16)17/h12-14H,2-10H2,1H3/t12-,14-/m1/s1. The molecule has 0 radical (unpaired) electrons. The van der Waals surface area contributed by atoms with Crippen LogP contribution < -0.4 is 0 Å². The molecule has 0 spiro atoms. The summed E-state index contributed by atoms with van der Waals surface area (Å²) in [6, 6.07) is 1.06. The van der Waals surface area contributed by atoms with E-state index in [1.165, 1.54) is 25.7 Å². The van der Waals surface area contributed by atoms with Gasteiger partial charge < -0.3 is 4.90 Å². The first-order valence-electron chi connectivity index (χ1n) is 7.86. The van der Waals surface area contributed by atoms with Crippen LogP contribution in [0.25, 0.3) is 0 Å². The van der Waals surface area contributed by atoms with Crippen molar-refractivity contribution in [1.82, 2.24) is 9.80 Å². The molecule has 1 aliphatic heterocycles. The van der Waals surface area contributed by atoms with Gasteiger partial charge in [0.15, 0.2) is 0 Å². The summed E-state index contributed by atoms with van der Waals surface area (Å²) in [6.07, 6.45) is 6.88. The van der Waals surface area contributed by atoms with E-state index in [0.717, 1.165) is 32.5 Å². The molecule has 1 amide bonds. The lowest BCUT2D eigenvalue weighted by atomic mass is 10.2. The van der Waals surface area contributed by atoms with Crippen LogP contribution in [0.15, 0.2) is 0 Å². The largest absolute Gasteiger partial charge is 0.338 e. The number of alkyl halides is 2. The summed E-state index contributed by atoms with van der Waals surface area (Å²) in [5.41, 5.74) is 0. The molecular formula is C15H24Cl2N2O. The highest BCUT2D eigenvalue weighted by atomic mass is 35.5. The average molecular weight is 319 g/mol. The molecule has 114 valence electrons. The van der Waals surface area contributed by atoms with Crippen molar-refractivity contribution in [3.8, 4) is 0 Å². The van der Waals surface area contributed by atoms with Crippen LogP contribution in [0.5, 0.6) is 0 Å². The van der Waals surface area contributed by atoms with Crippen molar-refractivity contribution in [2.24, 2.45) is 5.92 Å². The fourth-order valence-corrected chi connectivity index (χ4v) is 4.04. The summed E-state index contributed by atoms with van der Waals surface area (Å²) in [5, 5.41) is 0. The van der Waals surface area contributed by atoms with E-state index in [9.17, 15) is 4.79 Å². The maximum absolute atomic E-state index is 11.8. The topological polar surface area (TPSA) is 23.6 Å². The predicted octanol–water partition coefficient (Wildman–Crippen LogP) is 3.05. The van der Waals surface area contributed by atoms with Crippen molar-refractivity contribution >= 4 is 29.1 Å². The van der Waals surface area contributed by atoms with Crippen molar-refractivity contribution < 1.29 is 4.79 Å². The first-order chi connectivity index (χ1) is 9.47. The van der Waals surface area contributed by atoms with Gasteiger partial charge in [-0.15, -0.1) is 23.2 Å². The second-order valence-corrected chi connectivity index (χ2v) is 8.23. The van der Waals surface area contributed by atoms with Crippen LogP contribution in [0.3, 0.4) is 0 Å². The molecule has 3 aliphatic rings. The molecule has 1 heterocycles. The molecule has 0 N–H and O–H groups in total. The summed E-state index contributed by atoms with van der Waals surface area (Å²) >= 11 is 12.2. The van der Waals surface area contributed by atoms with Gasteiger partial charge in [0.05, 0.1) is 0 Å². The lowest BCUT2D eigenvalue weighted by Crippen LogP contribution is -2.43. The molecule has 3 rings (SSSR count). The highest BCUT2D eigenvalue weighted by molar-refractivity contribution is 6.50. The zero-order valence-corrected chi connectivity index (χ0v) is 13.7. The van der Waals surface area contributed by atoms with Gasteiger partial charge in [-0.3, -0.25) is 9.69 Å². The van der Waals surface area contributed by atoms with E-state index < -0.39 is 4.33 Å². The van der Waals surface area contributed by atoms with Crippen LogP contribution in [-0.4, -0.2) is 51.8 Å². The number of nitrogens with zero attached hydrogens (tertiary/aromatic N) is 2. The molecule has 0 unspecified atom stereocenters. The van der Waals surface area contributed by atoms with Gasteiger partial charge in [-0.05, 0) is 57.5 Å². The number of hydrogen-bond acceptors (Lipinski definition) is 2. The van der Waals surface area contributed by atoms with E-state index in [4.69, 9.17) is 23.2 Å². The van der Waals surface area contributed by atoms with Crippen LogP contribution >= 0.6 is 23.2 Å². The van der Waals surface area contributed by atoms with Crippen molar-refractivity contribution in [2.75, 3.05) is 19.6 Å². The molecule has 0 bridgehead atoms. The lowest BCUT2D eigenvalue weighted by molar-refractivity contribution is -0.130. The van der Waals surface area contributed by atoms with Gasteiger partial charge in [0, 0.05) is 25.6 Å². The van der Waals surface area contributed by atoms with E-state index in [1.54, 1.807) is 6.92 Å². The fourth-order valence-electron chi connectivity index (χ4n) is 3.45. The quantitative estimate of drug-likeness (QED) is 0.703. The van der Waals surface area contributed by atoms with Crippen LogP contribution in [-0.2, 0) is 4.79 Å². The lowest BCUT2D eigenvalue weighted by Gasteiger charge is -2.30. The Bertz CT molecular complexity index is 384. The van der Waals surface area contributed by atoms with Gasteiger partial charge in [-0.1, -0.05) is 0 Å². The summed E-state index contributed by atoms with van der Waals surface area (Å²) < 4.78 is -0.450. The summed E-state index contributed by atoms with van der Waals surface area (Å²) in [5.74, 6) is 0.710. The molecule has 20 heavy (non-hydrogen) atoms. The Balaban J connectivity index is 1.48. The second-order valence-electron chi connectivity index (χ2n) is 6.69. The van der Waals surface area contributed by atoms with Crippen LogP contribution in [0.4, 0.5) is 0 Å². The van der Waals surface area contributed by atoms with Crippen LogP contribution in [0, 0.1) is 5.92 Å². The van der Waals surface area contributed by atoms with Gasteiger partial charge in [0.25, 0.3) is 0 Å². The van der Waals surface area contributed by atoms with Gasteiger partial charge >= 0.3 is 0 Å². The molecule has 2 atom stereocenters. The van der Waals surface area contributed by atoms with Crippen molar-refractivity contribution in [3.05, 3.63) is 0 Å². The molecular weight excluding hydrogens is 295 g/mol. The Morgan fingerprint density at radius 3 is 2.60 bits per heavy atom. The zero-order chi connectivity index (χ0) is 14.3. The number of likely N-dealkylation sites (tertiary alicyclic amines) is 1. The Morgan fingerprint density at radius 1 is 1.35 bits per heavy atom. The Labute approximate surface area is 131 Å². The third kappa shape index (κ3) is 3.42. The van der Waals surface area contributed by atoms with E-state index >= 15 is 0 Å². The minimum absolute atomic E-state index is 0.238. The minimum atomic E-state index is -0.450. The molecule has 3 nitrogen and oxygen atoms in total. The molecule has 2 saturated carbocycles. The Hall–Kier alpha value is 0.01000. The maximum atomic E-state index is 11.8. The van der Waals surface area contributed by atoms with E-state index in [2.05, 4.69) is 9.80 Å². The summed E-state index contributed by atoms with van der Waals surface area (Å²) in [6.45, 7) is 4.85. The number of halogens is 2. The zero-order valence-electron chi connectivity index (χ0n) is 12.2. The SMILES string of the molecule is CC(=O)N(C[C@H]1CCCN1CC[C@@H]1CC1(Cl)Cl)C1CC1. The minimum Gasteiger partial charge on any atom is -0.338 e. The predicted molar refractivity (Wildman–Crippen MR) is 82.2 cm³/mol. The molecule has 5 heteroatoms. The van der Waals surface area contributed by atoms with E-state index in [-0.39, 0.29) is 5.91 Å². The third-order valence-electron chi connectivity index (χ3n) is 5.02. The number of carbonyl (C=O) groups is 1. The van der Waals surface area contributed by atoms with Gasteiger partial charge in [0.1, 0.15) is 4.33 Å². The molecule has 0 aromatic carbocycles. The fraction of sp³-hybridized carbons (Fsp3) is 0.933. The van der Waals surface area contributed by atoms with Crippen molar-refractivity contribution in [3.63, 3.8) is 0 Å². The van der Waals surface area contributed by atoms with Crippen LogP contribution in [0.1, 0.15) is 45.4 Å². The average Bonchev–Trinajstić information content (AvgIpc) is 3.25. The van der Waals surface area contributed by atoms with Crippen molar-refractivity contribution in [1.29, 1.82) is 0 Å². The maximum Gasteiger partial charge on any atom is 0.219 e. The Kier molecular flexibility index (Phi) is 4.22. The molecule has 0 aromatic heterocycles. The number of rotatable bonds is 6. The Morgan fingerprint density at radius 2 is 2.05 bits per heavy atom. The van der Waals surface area contributed by atoms with E-state index in [1.807, 2.05) is 0 Å². The van der Waals surface area contributed by atoms with E-state index in [0.29, 0.717) is 18.0 Å².